The lowest BCUT2D eigenvalue weighted by Gasteiger charge is -2.27. The Kier molecular flexibility index (Phi) is 4.68. The highest BCUT2D eigenvalue weighted by atomic mass is 32.1. The Balaban J connectivity index is 1.80. The average Bonchev–Trinajstić information content (AvgIpc) is 2.96. The molecule has 1 aliphatic heterocycles. The maximum Gasteiger partial charge on any atom is 0.256 e. The molecule has 0 aliphatic carbocycles. The normalized spacial score (nSPS) is 14.6. The lowest BCUT2D eigenvalue weighted by Crippen LogP contribution is -2.46. The number of aromatic nitrogens is 1. The number of nitrogens with zero attached hydrogens (tertiary/aromatic N) is 2. The topological polar surface area (TPSA) is 74.3 Å². The van der Waals surface area contributed by atoms with Crippen molar-refractivity contribution in [2.24, 2.45) is 0 Å². The van der Waals surface area contributed by atoms with Gasteiger partial charge >= 0.3 is 0 Å². The van der Waals surface area contributed by atoms with Gasteiger partial charge in [-0.2, -0.15) is 0 Å². The van der Waals surface area contributed by atoms with Crippen LogP contribution in [-0.2, 0) is 0 Å². The van der Waals surface area contributed by atoms with Gasteiger partial charge in [-0.05, 0) is 25.1 Å². The SMILES string of the molecule is Cc1cc(C(=O)N2CCNCC2)c(NC(=O)c2ccncc2)s1. The number of hydrogen-bond donors (Lipinski definition) is 2. The zero-order chi connectivity index (χ0) is 16.2. The molecule has 0 saturated carbocycles. The van der Waals surface area contributed by atoms with Crippen LogP contribution in [-0.4, -0.2) is 47.9 Å². The van der Waals surface area contributed by atoms with Gasteiger partial charge in [0.1, 0.15) is 5.00 Å². The molecule has 0 unspecified atom stereocenters. The summed E-state index contributed by atoms with van der Waals surface area (Å²) in [5.74, 6) is -0.260. The van der Waals surface area contributed by atoms with Crippen molar-refractivity contribution in [3.05, 3.63) is 46.6 Å². The van der Waals surface area contributed by atoms with Crippen molar-refractivity contribution in [2.75, 3.05) is 31.5 Å². The molecule has 2 aromatic heterocycles. The van der Waals surface area contributed by atoms with Crippen molar-refractivity contribution >= 4 is 28.2 Å². The minimum atomic E-state index is -0.233. The maximum atomic E-state index is 12.7. The van der Waals surface area contributed by atoms with E-state index >= 15 is 0 Å². The Morgan fingerprint density at radius 1 is 1.26 bits per heavy atom. The van der Waals surface area contributed by atoms with Gasteiger partial charge in [-0.15, -0.1) is 11.3 Å². The number of thiophene rings is 1. The average molecular weight is 330 g/mol. The molecule has 0 radical (unpaired) electrons. The molecule has 2 N–H and O–H groups in total. The van der Waals surface area contributed by atoms with Gasteiger partial charge in [0, 0.05) is 49.0 Å². The number of aryl methyl sites for hydroxylation is 1. The van der Waals surface area contributed by atoms with E-state index in [0.717, 1.165) is 18.0 Å². The molecule has 2 amide bonds. The summed E-state index contributed by atoms with van der Waals surface area (Å²) < 4.78 is 0. The Bertz CT molecular complexity index is 708. The van der Waals surface area contributed by atoms with E-state index in [1.54, 1.807) is 24.5 Å². The summed E-state index contributed by atoms with van der Waals surface area (Å²) in [4.78, 5) is 31.7. The predicted molar refractivity (Wildman–Crippen MR) is 90.0 cm³/mol. The van der Waals surface area contributed by atoms with Crippen LogP contribution >= 0.6 is 11.3 Å². The number of nitrogens with one attached hydrogen (secondary N) is 2. The van der Waals surface area contributed by atoms with Crippen LogP contribution in [0.5, 0.6) is 0 Å². The smallest absolute Gasteiger partial charge is 0.256 e. The summed E-state index contributed by atoms with van der Waals surface area (Å²) in [6.07, 6.45) is 3.14. The Hall–Kier alpha value is -2.25. The van der Waals surface area contributed by atoms with Gasteiger partial charge in [0.05, 0.1) is 5.56 Å². The van der Waals surface area contributed by atoms with E-state index in [1.165, 1.54) is 11.3 Å². The van der Waals surface area contributed by atoms with E-state index in [0.29, 0.717) is 29.2 Å². The van der Waals surface area contributed by atoms with Crippen LogP contribution in [0.3, 0.4) is 0 Å². The molecule has 1 fully saturated rings. The quantitative estimate of drug-likeness (QED) is 0.899. The number of pyridine rings is 1. The van der Waals surface area contributed by atoms with Crippen LogP contribution < -0.4 is 10.6 Å². The van der Waals surface area contributed by atoms with Gasteiger partial charge in [0.25, 0.3) is 11.8 Å². The van der Waals surface area contributed by atoms with E-state index in [1.807, 2.05) is 17.9 Å². The van der Waals surface area contributed by atoms with Crippen molar-refractivity contribution in [1.29, 1.82) is 0 Å². The minimum absolute atomic E-state index is 0.0270. The molecule has 6 nitrogen and oxygen atoms in total. The van der Waals surface area contributed by atoms with Crippen molar-refractivity contribution in [2.45, 2.75) is 6.92 Å². The minimum Gasteiger partial charge on any atom is -0.336 e. The van der Waals surface area contributed by atoms with E-state index in [9.17, 15) is 9.59 Å². The third kappa shape index (κ3) is 3.57. The van der Waals surface area contributed by atoms with Gasteiger partial charge in [-0.3, -0.25) is 14.6 Å². The molecule has 0 spiro atoms. The molecule has 3 heterocycles. The van der Waals surface area contributed by atoms with Crippen LogP contribution in [0.1, 0.15) is 25.6 Å². The molecule has 0 aromatic carbocycles. The summed E-state index contributed by atoms with van der Waals surface area (Å²) in [6.45, 7) is 4.90. The first kappa shape index (κ1) is 15.6. The lowest BCUT2D eigenvalue weighted by atomic mass is 10.2. The van der Waals surface area contributed by atoms with Crippen molar-refractivity contribution in [3.8, 4) is 0 Å². The Morgan fingerprint density at radius 2 is 1.96 bits per heavy atom. The van der Waals surface area contributed by atoms with Gasteiger partial charge < -0.3 is 15.5 Å². The number of carbonyl (C=O) groups is 2. The summed E-state index contributed by atoms with van der Waals surface area (Å²) >= 11 is 1.42. The molecule has 1 aliphatic rings. The van der Waals surface area contributed by atoms with Crippen LogP contribution in [0, 0.1) is 6.92 Å². The van der Waals surface area contributed by atoms with E-state index in [2.05, 4.69) is 15.6 Å². The molecule has 1 saturated heterocycles. The van der Waals surface area contributed by atoms with E-state index in [-0.39, 0.29) is 11.8 Å². The fraction of sp³-hybridized carbons (Fsp3) is 0.312. The van der Waals surface area contributed by atoms with Crippen LogP contribution in [0.15, 0.2) is 30.6 Å². The number of carbonyl (C=O) groups excluding carboxylic acids is 2. The number of anilines is 1. The number of piperazine rings is 1. The van der Waals surface area contributed by atoms with Crippen molar-refractivity contribution in [3.63, 3.8) is 0 Å². The summed E-state index contributed by atoms with van der Waals surface area (Å²) in [5, 5.41) is 6.69. The molecule has 0 atom stereocenters. The third-order valence-corrected chi connectivity index (χ3v) is 4.63. The molecule has 7 heteroatoms. The fourth-order valence-electron chi connectivity index (χ4n) is 2.48. The number of amides is 2. The second-order valence-electron chi connectivity index (χ2n) is 5.33. The first-order valence-corrected chi connectivity index (χ1v) is 8.28. The highest BCUT2D eigenvalue weighted by Crippen LogP contribution is 2.29. The van der Waals surface area contributed by atoms with Gasteiger partial charge in [-0.25, -0.2) is 0 Å². The summed E-state index contributed by atoms with van der Waals surface area (Å²) in [5.41, 5.74) is 1.09. The molecule has 0 bridgehead atoms. The largest absolute Gasteiger partial charge is 0.336 e. The zero-order valence-electron chi connectivity index (χ0n) is 12.8. The highest BCUT2D eigenvalue weighted by Gasteiger charge is 2.23. The van der Waals surface area contributed by atoms with E-state index < -0.39 is 0 Å². The van der Waals surface area contributed by atoms with Crippen molar-refractivity contribution in [1.82, 2.24) is 15.2 Å². The fourth-order valence-corrected chi connectivity index (χ4v) is 3.38. The molecule has 23 heavy (non-hydrogen) atoms. The Morgan fingerprint density at radius 3 is 2.65 bits per heavy atom. The van der Waals surface area contributed by atoms with Crippen molar-refractivity contribution < 1.29 is 9.59 Å². The molecular formula is C16H18N4O2S. The van der Waals surface area contributed by atoms with Gasteiger partial charge in [0.15, 0.2) is 0 Å². The highest BCUT2D eigenvalue weighted by molar-refractivity contribution is 7.16. The van der Waals surface area contributed by atoms with Crippen LogP contribution in [0.25, 0.3) is 0 Å². The first-order valence-electron chi connectivity index (χ1n) is 7.47. The number of rotatable bonds is 3. The predicted octanol–water partition coefficient (Wildman–Crippen LogP) is 1.75. The number of hydrogen-bond acceptors (Lipinski definition) is 5. The molecule has 3 rings (SSSR count). The van der Waals surface area contributed by atoms with Gasteiger partial charge in [-0.1, -0.05) is 0 Å². The zero-order valence-corrected chi connectivity index (χ0v) is 13.7. The van der Waals surface area contributed by atoms with Gasteiger partial charge in [0.2, 0.25) is 0 Å². The van der Waals surface area contributed by atoms with E-state index in [4.69, 9.17) is 0 Å². The van der Waals surface area contributed by atoms with Crippen LogP contribution in [0.2, 0.25) is 0 Å². The van der Waals surface area contributed by atoms with Crippen LogP contribution in [0.4, 0.5) is 5.00 Å². The standard InChI is InChI=1S/C16H18N4O2S/c1-11-10-13(16(22)20-8-6-18-7-9-20)15(23-11)19-14(21)12-2-4-17-5-3-12/h2-5,10,18H,6-9H2,1H3,(H,19,21). The second-order valence-corrected chi connectivity index (χ2v) is 6.59. The summed E-state index contributed by atoms with van der Waals surface area (Å²) in [7, 11) is 0. The Labute approximate surface area is 138 Å². The second kappa shape index (κ2) is 6.89. The molecule has 120 valence electrons. The monoisotopic (exact) mass is 330 g/mol. The maximum absolute atomic E-state index is 12.7. The third-order valence-electron chi connectivity index (χ3n) is 3.66. The lowest BCUT2D eigenvalue weighted by molar-refractivity contribution is 0.0737. The summed E-state index contributed by atoms with van der Waals surface area (Å²) in [6, 6.07) is 5.14. The molecule has 2 aromatic rings. The first-order chi connectivity index (χ1) is 11.1. The molecular weight excluding hydrogens is 312 g/mol.